The fourth-order valence-corrected chi connectivity index (χ4v) is 11.3. The van der Waals surface area contributed by atoms with Crippen molar-refractivity contribution in [1.82, 2.24) is 15.0 Å². The highest BCUT2D eigenvalue weighted by molar-refractivity contribution is 7.28. The zero-order valence-electron chi connectivity index (χ0n) is 38.1. The van der Waals surface area contributed by atoms with Crippen molar-refractivity contribution in [3.8, 4) is 56.2 Å². The summed E-state index contributed by atoms with van der Waals surface area (Å²) in [6, 6.07) is 0. The average Bonchev–Trinajstić information content (AvgIpc) is 3.66. The van der Waals surface area contributed by atoms with Gasteiger partial charge < -0.3 is 0 Å². The summed E-state index contributed by atoms with van der Waals surface area (Å²) in [4.78, 5) is 13.7. The zero-order chi connectivity index (χ0) is 53.4. The molecule has 0 spiro atoms. The van der Waals surface area contributed by atoms with Gasteiger partial charge in [0.2, 0.25) is 5.28 Å². The molecule has 2 aromatic heterocycles. The van der Waals surface area contributed by atoms with Gasteiger partial charge in [-0.3, -0.25) is 0 Å². The number of rotatable bonds is 4. The number of aromatic nitrogens is 3. The van der Waals surface area contributed by atoms with Crippen molar-refractivity contribution in [3.63, 3.8) is 0 Å². The van der Waals surface area contributed by atoms with Gasteiger partial charge in [0.05, 0.1) is 0 Å². The summed E-state index contributed by atoms with van der Waals surface area (Å²) in [6.45, 7) is 0. The van der Waals surface area contributed by atoms with Gasteiger partial charge in [-0.1, -0.05) is 98.3 Å². The largest absolute Gasteiger partial charge is 0.226 e. The van der Waals surface area contributed by atoms with Crippen LogP contribution in [0.15, 0.2) is 0 Å². The Morgan fingerprint density at radius 1 is 0.247 bits per heavy atom. The maximum atomic E-state index is 7.16. The highest BCUT2D eigenvalue weighted by Gasteiger charge is 2.32. The van der Waals surface area contributed by atoms with E-state index in [1.54, 1.807) is 7.28 Å². The number of benzene rings is 7. The van der Waals surface area contributed by atoms with Gasteiger partial charge in [-0.2, -0.15) is 9.97 Å². The van der Waals surface area contributed by atoms with E-state index in [1.165, 1.54) is 11.3 Å². The summed E-state index contributed by atoms with van der Waals surface area (Å²) >= 11 is 7.95. The lowest BCUT2D eigenvalue weighted by atomic mass is 9.50. The van der Waals surface area contributed by atoms with Crippen LogP contribution in [-0.2, 0) is 0 Å². The third kappa shape index (κ3) is 7.10. The number of hydrogen-bond donors (Lipinski definition) is 0. The van der Waals surface area contributed by atoms with Crippen molar-refractivity contribution in [2.24, 2.45) is 0 Å². The second-order valence-electron chi connectivity index (χ2n) is 17.4. The van der Waals surface area contributed by atoms with Crippen LogP contribution < -0.4 is 142 Å². The van der Waals surface area contributed by atoms with Crippen molar-refractivity contribution >= 4 is 392 Å². The SMILES string of the molecule is [B]c1c([B])c([B])c(-c2c([B])c([B])c3c([B])c([B])c(-c4c([B])c([B])c([B])c(-c5nc(Cl)nc(-c6c([B])c7c8c(sc9c([B])c([B])c([B])c(c98)-c8c([B])c([B])c([B])c([B])c8[B]7)c6[B])n5)c4[B])c([B])c3c2[B])c([B])c1[B]. The smallest absolute Gasteiger partial charge is 0.208 e. The van der Waals surface area contributed by atoms with E-state index in [0.717, 1.165) is 0 Å². The van der Waals surface area contributed by atoms with Gasteiger partial charge in [-0.25, -0.2) is 4.98 Å². The van der Waals surface area contributed by atoms with Gasteiger partial charge in [0.15, 0.2) is 18.9 Å². The second kappa shape index (κ2) is 18.0. The molecule has 49 radical (unpaired) electrons. The predicted octanol–water partition coefficient (Wildman–Crippen LogP) is -18.6. The van der Waals surface area contributed by atoms with Crippen LogP contribution in [0.1, 0.15) is 0 Å². The first-order valence-electron chi connectivity index (χ1n) is 21.2. The Labute approximate surface area is 464 Å². The van der Waals surface area contributed by atoms with Gasteiger partial charge in [0, 0.05) is 25.9 Å². The Morgan fingerprint density at radius 2 is 0.589 bits per heavy atom. The molecule has 0 amide bonds. The number of fused-ring (bicyclic) bond motifs is 3. The molecule has 0 saturated heterocycles. The Bertz CT molecular complexity index is 4110. The zero-order valence-corrected chi connectivity index (χ0v) is 39.6. The fraction of sp³-hybridized carbons (Fsp3) is 0. The lowest BCUT2D eigenvalue weighted by Gasteiger charge is -2.31. The van der Waals surface area contributed by atoms with Crippen LogP contribution in [-0.4, -0.2) is 211 Å². The molecule has 9 aromatic rings. The molecule has 7 aromatic carbocycles. The first-order chi connectivity index (χ1) is 34.2. The van der Waals surface area contributed by atoms with E-state index in [-0.39, 0.29) is 192 Å². The Hall–Kier alpha value is -4.06. The van der Waals surface area contributed by atoms with E-state index in [4.69, 9.17) is 205 Å². The van der Waals surface area contributed by atoms with Crippen LogP contribution in [0.4, 0.5) is 0 Å². The molecule has 0 atom stereocenters. The van der Waals surface area contributed by atoms with E-state index < -0.39 is 0 Å². The Morgan fingerprint density at radius 3 is 1.11 bits per heavy atom. The fourth-order valence-electron chi connectivity index (χ4n) is 9.91. The van der Waals surface area contributed by atoms with Crippen molar-refractivity contribution in [2.45, 2.75) is 0 Å². The molecule has 0 bridgehead atoms. The Kier molecular flexibility index (Phi) is 12.9. The van der Waals surface area contributed by atoms with Crippen LogP contribution in [0.5, 0.6) is 0 Å². The van der Waals surface area contributed by atoms with E-state index in [1.807, 2.05) is 0 Å². The molecule has 0 unspecified atom stereocenters. The van der Waals surface area contributed by atoms with Crippen LogP contribution in [0.25, 0.3) is 87.1 Å². The van der Waals surface area contributed by atoms with Gasteiger partial charge >= 0.3 is 0 Å². The Balaban J connectivity index is 1.24. The maximum Gasteiger partial charge on any atom is 0.226 e. The molecule has 3 heterocycles. The molecule has 0 N–H and O–H groups in total. The summed E-state index contributed by atoms with van der Waals surface area (Å²) in [6.07, 6.45) is 0. The second-order valence-corrected chi connectivity index (χ2v) is 18.8. The van der Waals surface area contributed by atoms with Crippen molar-refractivity contribution in [3.05, 3.63) is 5.28 Å². The predicted molar refractivity (Wildman–Crippen MR) is 337 cm³/mol. The molecule has 10 rings (SSSR count). The van der Waals surface area contributed by atoms with Gasteiger partial charge in [0.25, 0.3) is 0 Å². The van der Waals surface area contributed by atoms with E-state index in [0.29, 0.717) is 42.2 Å². The standard InChI is InChI=1S/C43B25ClN3S/c44-13-3-7(20(51)18(49)6(14(3)45)8-22(53)29(60)33(64)30(61)23(8)54)19(50)17(48)4(13)5-15(46)11(25(56)28(59)21(5)52)41-70-42(72-43(69)71-41)12-26(57)38-10-2-1(9-24(55)31(62)34(65)35(66)37(9)68-38)16(47)32(63)36(67)39(2)73-40(10)27(12)58. The first kappa shape index (κ1) is 52.4. The monoisotopic (exact) mass is 900 g/mol. The summed E-state index contributed by atoms with van der Waals surface area (Å²) < 4.78 is 0.962. The number of halogens is 1. The molecule has 0 fully saturated rings. The molecule has 73 heavy (non-hydrogen) atoms. The van der Waals surface area contributed by atoms with E-state index >= 15 is 0 Å². The molecule has 1 aliphatic rings. The minimum Gasteiger partial charge on any atom is -0.208 e. The van der Waals surface area contributed by atoms with Crippen LogP contribution in [0.3, 0.4) is 0 Å². The van der Waals surface area contributed by atoms with Crippen molar-refractivity contribution < 1.29 is 0 Å². The average molecular weight is 896 g/mol. The summed E-state index contributed by atoms with van der Waals surface area (Å²) in [5.74, 6) is -0.398. The summed E-state index contributed by atoms with van der Waals surface area (Å²) in [7, 11) is 162. The lowest BCUT2D eigenvalue weighted by Crippen LogP contribution is -2.59. The van der Waals surface area contributed by atoms with E-state index in [9.17, 15) is 0 Å². The topological polar surface area (TPSA) is 38.7 Å². The first-order valence-corrected chi connectivity index (χ1v) is 22.4. The maximum absolute atomic E-state index is 7.16. The number of nitrogens with zero attached hydrogens (tertiary/aromatic N) is 3. The lowest BCUT2D eigenvalue weighted by molar-refractivity contribution is 1.07. The number of hydrogen-bond acceptors (Lipinski definition) is 4. The molecule has 3 nitrogen and oxygen atoms in total. The molecule has 0 aliphatic carbocycles. The van der Waals surface area contributed by atoms with Crippen LogP contribution in [0, 0.1) is 0 Å². The van der Waals surface area contributed by atoms with Gasteiger partial charge in [-0.05, 0) is 61.1 Å². The van der Waals surface area contributed by atoms with Gasteiger partial charge in [0.1, 0.15) is 188 Å². The molecule has 0 saturated carbocycles. The summed E-state index contributed by atoms with van der Waals surface area (Å²) in [5.41, 5.74) is -0.119. The third-order valence-corrected chi connectivity index (χ3v) is 15.2. The van der Waals surface area contributed by atoms with Crippen molar-refractivity contribution in [1.29, 1.82) is 0 Å². The van der Waals surface area contributed by atoms with Crippen LogP contribution in [0.2, 0.25) is 5.28 Å². The number of thiophene rings is 1. The third-order valence-electron chi connectivity index (χ3n) is 13.7. The normalized spacial score (nSPS) is 12.0. The molecule has 275 valence electrons. The van der Waals surface area contributed by atoms with Crippen molar-refractivity contribution in [2.75, 3.05) is 0 Å². The minimum absolute atomic E-state index is 0.00332. The molecular formula is C43B25ClN3S. The molecule has 30 heteroatoms. The van der Waals surface area contributed by atoms with Gasteiger partial charge in [-0.15, -0.1) is 55.0 Å². The molecule has 1 aliphatic heterocycles. The minimum atomic E-state index is -0.372. The van der Waals surface area contributed by atoms with Crippen LogP contribution >= 0.6 is 22.9 Å². The van der Waals surface area contributed by atoms with E-state index in [2.05, 4.69) is 9.97 Å². The summed E-state index contributed by atoms with van der Waals surface area (Å²) in [5, 5.41) is 0.767. The highest BCUT2D eigenvalue weighted by Crippen LogP contribution is 2.37. The quantitative estimate of drug-likeness (QED) is 0.165. The molecular weight excluding hydrogens is 896 g/mol. The highest BCUT2D eigenvalue weighted by atomic mass is 35.5.